The van der Waals surface area contributed by atoms with Crippen molar-refractivity contribution in [1.82, 2.24) is 0 Å². The second kappa shape index (κ2) is 6.69. The molecule has 1 amide bonds. The van der Waals surface area contributed by atoms with Gasteiger partial charge in [-0.25, -0.2) is 0 Å². The molecule has 0 aliphatic heterocycles. The highest BCUT2D eigenvalue weighted by Gasteiger charge is 2.14. The number of carbonyl (C=O) groups is 1. The first-order chi connectivity index (χ1) is 8.67. The monoisotopic (exact) mass is 249 g/mol. The van der Waals surface area contributed by atoms with E-state index in [1.165, 1.54) is 0 Å². The minimum atomic E-state index is 0.0436. The van der Waals surface area contributed by atoms with Crippen LogP contribution >= 0.6 is 0 Å². The van der Waals surface area contributed by atoms with Gasteiger partial charge in [0.25, 0.3) is 0 Å². The van der Waals surface area contributed by atoms with Gasteiger partial charge in [0.05, 0.1) is 14.2 Å². The molecule has 1 aromatic carbocycles. The van der Waals surface area contributed by atoms with Crippen LogP contribution in [-0.2, 0) is 4.79 Å². The number of hydrogen-bond donors (Lipinski definition) is 0. The van der Waals surface area contributed by atoms with Crippen LogP contribution in [-0.4, -0.2) is 26.7 Å². The van der Waals surface area contributed by atoms with Crippen molar-refractivity contribution in [3.8, 4) is 11.5 Å². The molecule has 0 aliphatic rings. The van der Waals surface area contributed by atoms with Gasteiger partial charge in [-0.15, -0.1) is 6.58 Å². The second-order valence-corrected chi connectivity index (χ2v) is 3.69. The summed E-state index contributed by atoms with van der Waals surface area (Å²) in [5.41, 5.74) is 0.777. The maximum Gasteiger partial charge on any atom is 0.226 e. The fraction of sp³-hybridized carbons (Fsp3) is 0.357. The molecular weight excluding hydrogens is 230 g/mol. The first-order valence-corrected chi connectivity index (χ1v) is 5.81. The molecule has 0 aliphatic carbocycles. The highest BCUT2D eigenvalue weighted by molar-refractivity contribution is 5.93. The molecule has 1 aromatic rings. The minimum Gasteiger partial charge on any atom is -0.493 e. The maximum atomic E-state index is 11.9. The normalized spacial score (nSPS) is 9.72. The van der Waals surface area contributed by atoms with Crippen LogP contribution in [0.1, 0.15) is 13.3 Å². The molecule has 0 spiro atoms. The number of nitrogens with zero attached hydrogens (tertiary/aromatic N) is 1. The molecule has 0 heterocycles. The summed E-state index contributed by atoms with van der Waals surface area (Å²) in [5, 5.41) is 0. The van der Waals surface area contributed by atoms with Crippen molar-refractivity contribution in [3.05, 3.63) is 30.9 Å². The Hall–Kier alpha value is -1.97. The van der Waals surface area contributed by atoms with E-state index < -0.39 is 0 Å². The molecule has 1 rings (SSSR count). The number of hydrogen-bond acceptors (Lipinski definition) is 3. The van der Waals surface area contributed by atoms with E-state index in [4.69, 9.17) is 9.47 Å². The van der Waals surface area contributed by atoms with Gasteiger partial charge < -0.3 is 14.4 Å². The molecule has 0 aromatic heterocycles. The predicted molar refractivity (Wildman–Crippen MR) is 72.4 cm³/mol. The summed E-state index contributed by atoms with van der Waals surface area (Å²) < 4.78 is 10.4. The van der Waals surface area contributed by atoms with E-state index in [2.05, 4.69) is 6.58 Å². The first-order valence-electron chi connectivity index (χ1n) is 5.81. The molecule has 0 fully saturated rings. The third-order valence-corrected chi connectivity index (χ3v) is 2.59. The van der Waals surface area contributed by atoms with Gasteiger partial charge in [-0.3, -0.25) is 4.79 Å². The zero-order valence-electron chi connectivity index (χ0n) is 11.1. The maximum absolute atomic E-state index is 11.9. The van der Waals surface area contributed by atoms with Gasteiger partial charge >= 0.3 is 0 Å². The van der Waals surface area contributed by atoms with Crippen LogP contribution in [0.25, 0.3) is 0 Å². The van der Waals surface area contributed by atoms with E-state index in [1.54, 1.807) is 37.3 Å². The summed E-state index contributed by atoms with van der Waals surface area (Å²) in [6, 6.07) is 5.40. The van der Waals surface area contributed by atoms with E-state index in [1.807, 2.05) is 13.0 Å². The van der Waals surface area contributed by atoms with Gasteiger partial charge in [0.1, 0.15) is 0 Å². The molecule has 98 valence electrons. The highest BCUT2D eigenvalue weighted by atomic mass is 16.5. The first kappa shape index (κ1) is 14.1. The van der Waals surface area contributed by atoms with Crippen LogP contribution in [0.4, 0.5) is 5.69 Å². The zero-order valence-corrected chi connectivity index (χ0v) is 11.1. The Morgan fingerprint density at radius 2 is 2.00 bits per heavy atom. The van der Waals surface area contributed by atoms with Gasteiger partial charge in [0.15, 0.2) is 11.5 Å². The number of ether oxygens (including phenoxy) is 2. The Kier molecular flexibility index (Phi) is 5.24. The summed E-state index contributed by atoms with van der Waals surface area (Å²) in [6.07, 6.45) is 2.15. The second-order valence-electron chi connectivity index (χ2n) is 3.69. The molecular formula is C14H19NO3. The van der Waals surface area contributed by atoms with Crippen molar-refractivity contribution in [1.29, 1.82) is 0 Å². The lowest BCUT2D eigenvalue weighted by atomic mass is 10.2. The molecule has 0 saturated carbocycles. The van der Waals surface area contributed by atoms with E-state index in [0.717, 1.165) is 5.69 Å². The molecule has 0 unspecified atom stereocenters. The van der Waals surface area contributed by atoms with E-state index in [-0.39, 0.29) is 5.91 Å². The predicted octanol–water partition coefficient (Wildman–Crippen LogP) is 2.63. The van der Waals surface area contributed by atoms with Crippen molar-refractivity contribution in [2.75, 3.05) is 25.7 Å². The summed E-state index contributed by atoms with van der Waals surface area (Å²) in [5.74, 6) is 1.29. The van der Waals surface area contributed by atoms with Gasteiger partial charge in [-0.05, 0) is 12.1 Å². The van der Waals surface area contributed by atoms with Crippen LogP contribution in [0.5, 0.6) is 11.5 Å². The summed E-state index contributed by atoms with van der Waals surface area (Å²) >= 11 is 0. The molecule has 18 heavy (non-hydrogen) atoms. The standard InChI is InChI=1S/C14H19NO3/c1-5-9-15(14(16)6-2)11-7-8-12(17-3)13(10-11)18-4/h5,7-8,10H,1,6,9H2,2-4H3. The lowest BCUT2D eigenvalue weighted by Crippen LogP contribution is -2.30. The van der Waals surface area contributed by atoms with Crippen molar-refractivity contribution in [2.24, 2.45) is 0 Å². The van der Waals surface area contributed by atoms with Crippen LogP contribution in [0.15, 0.2) is 30.9 Å². The topological polar surface area (TPSA) is 38.8 Å². The van der Waals surface area contributed by atoms with Gasteiger partial charge in [0, 0.05) is 24.7 Å². The largest absolute Gasteiger partial charge is 0.493 e. The van der Waals surface area contributed by atoms with Crippen LogP contribution in [0.2, 0.25) is 0 Å². The quantitative estimate of drug-likeness (QED) is 0.727. The Morgan fingerprint density at radius 3 is 2.50 bits per heavy atom. The van der Waals surface area contributed by atoms with Crippen molar-refractivity contribution in [2.45, 2.75) is 13.3 Å². The summed E-state index contributed by atoms with van der Waals surface area (Å²) in [7, 11) is 3.15. The minimum absolute atomic E-state index is 0.0436. The van der Waals surface area contributed by atoms with E-state index in [0.29, 0.717) is 24.5 Å². The Balaban J connectivity index is 3.12. The molecule has 0 bridgehead atoms. The molecule has 0 radical (unpaired) electrons. The number of amides is 1. The Bertz CT molecular complexity index is 429. The molecule has 4 heteroatoms. The average Bonchev–Trinajstić information content (AvgIpc) is 2.43. The fourth-order valence-corrected chi connectivity index (χ4v) is 1.66. The Labute approximate surface area is 108 Å². The number of carbonyl (C=O) groups excluding carboxylic acids is 1. The fourth-order valence-electron chi connectivity index (χ4n) is 1.66. The molecule has 0 N–H and O–H groups in total. The lowest BCUT2D eigenvalue weighted by molar-refractivity contribution is -0.118. The number of benzene rings is 1. The SMILES string of the molecule is C=CCN(C(=O)CC)c1ccc(OC)c(OC)c1. The van der Waals surface area contributed by atoms with Crippen molar-refractivity contribution < 1.29 is 14.3 Å². The molecule has 0 atom stereocenters. The highest BCUT2D eigenvalue weighted by Crippen LogP contribution is 2.31. The Morgan fingerprint density at radius 1 is 1.33 bits per heavy atom. The summed E-state index contributed by atoms with van der Waals surface area (Å²) in [6.45, 7) is 5.98. The number of methoxy groups -OCH3 is 2. The average molecular weight is 249 g/mol. The summed E-state index contributed by atoms with van der Waals surface area (Å²) in [4.78, 5) is 13.5. The van der Waals surface area contributed by atoms with Crippen LogP contribution < -0.4 is 14.4 Å². The van der Waals surface area contributed by atoms with Gasteiger partial charge in [0.2, 0.25) is 5.91 Å². The zero-order chi connectivity index (χ0) is 13.5. The number of anilines is 1. The van der Waals surface area contributed by atoms with E-state index in [9.17, 15) is 4.79 Å². The van der Waals surface area contributed by atoms with Gasteiger partial charge in [-0.2, -0.15) is 0 Å². The number of rotatable bonds is 6. The van der Waals surface area contributed by atoms with Crippen molar-refractivity contribution >= 4 is 11.6 Å². The van der Waals surface area contributed by atoms with Crippen LogP contribution in [0.3, 0.4) is 0 Å². The van der Waals surface area contributed by atoms with E-state index >= 15 is 0 Å². The lowest BCUT2D eigenvalue weighted by Gasteiger charge is -2.21. The third kappa shape index (κ3) is 3.03. The van der Waals surface area contributed by atoms with Gasteiger partial charge in [-0.1, -0.05) is 13.0 Å². The smallest absolute Gasteiger partial charge is 0.226 e. The van der Waals surface area contributed by atoms with Crippen molar-refractivity contribution in [3.63, 3.8) is 0 Å². The molecule has 4 nitrogen and oxygen atoms in total. The molecule has 0 saturated heterocycles. The van der Waals surface area contributed by atoms with Crippen LogP contribution in [0, 0.1) is 0 Å². The third-order valence-electron chi connectivity index (χ3n) is 2.59.